The molecule has 0 saturated heterocycles. The quantitative estimate of drug-likeness (QED) is 0.655. The zero-order chi connectivity index (χ0) is 17.1. The van der Waals surface area contributed by atoms with Crippen LogP contribution < -0.4 is 10.6 Å². The number of hydrogen-bond donors (Lipinski definition) is 2. The number of nitrogens with one attached hydrogen (secondary N) is 2. The van der Waals surface area contributed by atoms with Gasteiger partial charge in [0, 0.05) is 17.4 Å². The van der Waals surface area contributed by atoms with E-state index < -0.39 is 0 Å². The van der Waals surface area contributed by atoms with Crippen LogP contribution in [0, 0.1) is 20.8 Å². The van der Waals surface area contributed by atoms with Crippen molar-refractivity contribution in [1.29, 1.82) is 0 Å². The molecule has 4 nitrogen and oxygen atoms in total. The van der Waals surface area contributed by atoms with Crippen molar-refractivity contribution in [3.63, 3.8) is 0 Å². The van der Waals surface area contributed by atoms with Gasteiger partial charge in [0.15, 0.2) is 0 Å². The molecule has 0 amide bonds. The number of anilines is 4. The summed E-state index contributed by atoms with van der Waals surface area (Å²) in [6, 6.07) is 15.7. The Morgan fingerprint density at radius 3 is 2.25 bits per heavy atom. The van der Waals surface area contributed by atoms with E-state index in [1.807, 2.05) is 37.3 Å². The van der Waals surface area contributed by atoms with Crippen LogP contribution in [0.1, 0.15) is 16.8 Å². The highest BCUT2D eigenvalue weighted by Gasteiger charge is 2.06. The molecule has 0 aliphatic heterocycles. The van der Waals surface area contributed by atoms with Crippen LogP contribution in [0.5, 0.6) is 0 Å². The summed E-state index contributed by atoms with van der Waals surface area (Å²) in [7, 11) is 0. The van der Waals surface area contributed by atoms with Gasteiger partial charge in [0.05, 0.1) is 10.7 Å². The van der Waals surface area contributed by atoms with E-state index in [1.165, 1.54) is 11.1 Å². The molecular weight excluding hydrogens is 320 g/mol. The lowest BCUT2D eigenvalue weighted by Gasteiger charge is -2.11. The van der Waals surface area contributed by atoms with Crippen LogP contribution in [0.4, 0.5) is 23.1 Å². The molecule has 2 aromatic carbocycles. The van der Waals surface area contributed by atoms with E-state index in [2.05, 4.69) is 52.6 Å². The number of aryl methyl sites for hydroxylation is 3. The van der Waals surface area contributed by atoms with Crippen LogP contribution in [0.25, 0.3) is 0 Å². The summed E-state index contributed by atoms with van der Waals surface area (Å²) in [5.74, 6) is 1.25. The zero-order valence-electron chi connectivity index (χ0n) is 13.9. The van der Waals surface area contributed by atoms with E-state index in [0.29, 0.717) is 16.8 Å². The molecule has 1 aromatic heterocycles. The number of para-hydroxylation sites is 1. The van der Waals surface area contributed by atoms with E-state index in [4.69, 9.17) is 11.6 Å². The van der Waals surface area contributed by atoms with Gasteiger partial charge in [-0.3, -0.25) is 0 Å². The van der Waals surface area contributed by atoms with Crippen molar-refractivity contribution in [2.75, 3.05) is 10.6 Å². The van der Waals surface area contributed by atoms with Gasteiger partial charge in [-0.15, -0.1) is 0 Å². The number of halogens is 1. The molecule has 0 aliphatic carbocycles. The molecular formula is C19H19ClN4. The highest BCUT2D eigenvalue weighted by Crippen LogP contribution is 2.25. The van der Waals surface area contributed by atoms with Crippen molar-refractivity contribution < 1.29 is 0 Å². The molecule has 3 aromatic rings. The Labute approximate surface area is 146 Å². The second-order valence-corrected chi connectivity index (χ2v) is 6.23. The van der Waals surface area contributed by atoms with Crippen molar-refractivity contribution in [3.05, 3.63) is 70.4 Å². The van der Waals surface area contributed by atoms with Crippen molar-refractivity contribution >= 4 is 34.7 Å². The molecule has 0 fully saturated rings. The van der Waals surface area contributed by atoms with Gasteiger partial charge in [-0.2, -0.15) is 4.98 Å². The number of aromatic nitrogens is 2. The third-order valence-electron chi connectivity index (χ3n) is 3.47. The van der Waals surface area contributed by atoms with E-state index in [9.17, 15) is 0 Å². The molecule has 0 atom stereocenters. The summed E-state index contributed by atoms with van der Waals surface area (Å²) in [5, 5.41) is 7.16. The van der Waals surface area contributed by atoms with Crippen LogP contribution in [-0.4, -0.2) is 9.97 Å². The number of benzene rings is 2. The van der Waals surface area contributed by atoms with Crippen molar-refractivity contribution in [2.45, 2.75) is 20.8 Å². The first-order valence-electron chi connectivity index (χ1n) is 7.72. The third kappa shape index (κ3) is 4.03. The van der Waals surface area contributed by atoms with E-state index in [0.717, 1.165) is 17.1 Å². The van der Waals surface area contributed by atoms with Crippen molar-refractivity contribution in [1.82, 2.24) is 9.97 Å². The number of rotatable bonds is 4. The second kappa shape index (κ2) is 6.89. The maximum atomic E-state index is 6.20. The molecule has 2 N–H and O–H groups in total. The van der Waals surface area contributed by atoms with Crippen LogP contribution in [0.2, 0.25) is 5.02 Å². The molecule has 24 heavy (non-hydrogen) atoms. The fourth-order valence-electron chi connectivity index (χ4n) is 2.56. The van der Waals surface area contributed by atoms with Gasteiger partial charge in [0.25, 0.3) is 0 Å². The smallest absolute Gasteiger partial charge is 0.229 e. The molecule has 122 valence electrons. The monoisotopic (exact) mass is 338 g/mol. The fourth-order valence-corrected chi connectivity index (χ4v) is 2.75. The SMILES string of the molecule is Cc1cc(C)cc(Nc2nc(C)cc(Nc3ccccc3Cl)n2)c1. The van der Waals surface area contributed by atoms with E-state index in [-0.39, 0.29) is 0 Å². The summed E-state index contributed by atoms with van der Waals surface area (Å²) in [6.45, 7) is 6.07. The van der Waals surface area contributed by atoms with Gasteiger partial charge in [0.1, 0.15) is 5.82 Å². The molecule has 5 heteroatoms. The topological polar surface area (TPSA) is 49.8 Å². The summed E-state index contributed by atoms with van der Waals surface area (Å²) < 4.78 is 0. The van der Waals surface area contributed by atoms with Gasteiger partial charge in [-0.25, -0.2) is 4.98 Å². The molecule has 0 bridgehead atoms. The lowest BCUT2D eigenvalue weighted by atomic mass is 10.1. The first-order valence-corrected chi connectivity index (χ1v) is 8.10. The summed E-state index contributed by atoms with van der Waals surface area (Å²) in [6.07, 6.45) is 0. The minimum Gasteiger partial charge on any atom is -0.339 e. The Hall–Kier alpha value is -2.59. The molecule has 1 heterocycles. The summed E-state index contributed by atoms with van der Waals surface area (Å²) in [4.78, 5) is 8.99. The van der Waals surface area contributed by atoms with Crippen molar-refractivity contribution in [3.8, 4) is 0 Å². The Kier molecular flexibility index (Phi) is 4.67. The Morgan fingerprint density at radius 2 is 1.54 bits per heavy atom. The molecule has 0 spiro atoms. The third-order valence-corrected chi connectivity index (χ3v) is 3.80. The highest BCUT2D eigenvalue weighted by atomic mass is 35.5. The average Bonchev–Trinajstić information content (AvgIpc) is 2.48. The normalized spacial score (nSPS) is 10.5. The van der Waals surface area contributed by atoms with Crippen LogP contribution >= 0.6 is 11.6 Å². The van der Waals surface area contributed by atoms with E-state index in [1.54, 1.807) is 0 Å². The van der Waals surface area contributed by atoms with Crippen LogP contribution in [0.15, 0.2) is 48.5 Å². The average molecular weight is 339 g/mol. The van der Waals surface area contributed by atoms with Gasteiger partial charge in [-0.05, 0) is 56.2 Å². The van der Waals surface area contributed by atoms with Gasteiger partial charge in [0.2, 0.25) is 5.95 Å². The lowest BCUT2D eigenvalue weighted by Crippen LogP contribution is -2.03. The maximum Gasteiger partial charge on any atom is 0.229 e. The van der Waals surface area contributed by atoms with Gasteiger partial charge < -0.3 is 10.6 Å². The Morgan fingerprint density at radius 1 is 0.833 bits per heavy atom. The standard InChI is InChI=1S/C19H19ClN4/c1-12-8-13(2)10-15(9-12)22-19-21-14(3)11-18(24-19)23-17-7-5-4-6-16(17)20/h4-11H,1-3H3,(H2,21,22,23,24). The molecule has 0 radical (unpaired) electrons. The number of hydrogen-bond acceptors (Lipinski definition) is 4. The zero-order valence-corrected chi connectivity index (χ0v) is 14.6. The van der Waals surface area contributed by atoms with Gasteiger partial charge >= 0.3 is 0 Å². The number of nitrogens with zero attached hydrogens (tertiary/aromatic N) is 2. The highest BCUT2D eigenvalue weighted by molar-refractivity contribution is 6.33. The minimum absolute atomic E-state index is 0.551. The Balaban J connectivity index is 1.87. The van der Waals surface area contributed by atoms with Crippen molar-refractivity contribution in [2.24, 2.45) is 0 Å². The largest absolute Gasteiger partial charge is 0.339 e. The van der Waals surface area contributed by atoms with E-state index >= 15 is 0 Å². The molecule has 0 unspecified atom stereocenters. The first-order chi connectivity index (χ1) is 11.5. The molecule has 3 rings (SSSR count). The first kappa shape index (κ1) is 16.3. The second-order valence-electron chi connectivity index (χ2n) is 5.82. The maximum absolute atomic E-state index is 6.20. The fraction of sp³-hybridized carbons (Fsp3) is 0.158. The van der Waals surface area contributed by atoms with Gasteiger partial charge in [-0.1, -0.05) is 29.8 Å². The lowest BCUT2D eigenvalue weighted by molar-refractivity contribution is 1.11. The summed E-state index contributed by atoms with van der Waals surface area (Å²) >= 11 is 6.20. The Bertz CT molecular complexity index is 857. The van der Waals surface area contributed by atoms with Crippen LogP contribution in [-0.2, 0) is 0 Å². The minimum atomic E-state index is 0.551. The molecule has 0 saturated carbocycles. The predicted molar refractivity (Wildman–Crippen MR) is 101 cm³/mol. The predicted octanol–water partition coefficient (Wildman–Crippen LogP) is 5.54. The summed E-state index contributed by atoms with van der Waals surface area (Å²) in [5.41, 5.74) is 5.04. The van der Waals surface area contributed by atoms with Crippen LogP contribution in [0.3, 0.4) is 0 Å². The molecule has 0 aliphatic rings.